The van der Waals surface area contributed by atoms with Crippen molar-refractivity contribution in [3.8, 4) is 0 Å². The third kappa shape index (κ3) is 4.06. The average Bonchev–Trinajstić information content (AvgIpc) is 2.52. The van der Waals surface area contributed by atoms with Crippen molar-refractivity contribution in [2.24, 2.45) is 5.92 Å². The number of carbonyl (C=O) groups is 2. The number of benzene rings is 1. The van der Waals surface area contributed by atoms with E-state index >= 15 is 0 Å². The van der Waals surface area contributed by atoms with Gasteiger partial charge in [0, 0.05) is 12.5 Å². The molecule has 120 valence electrons. The van der Waals surface area contributed by atoms with Gasteiger partial charge >= 0.3 is 5.97 Å². The fourth-order valence-electron chi connectivity index (χ4n) is 2.93. The van der Waals surface area contributed by atoms with Crippen LogP contribution in [0.25, 0.3) is 0 Å². The summed E-state index contributed by atoms with van der Waals surface area (Å²) in [6.07, 6.45) is 3.42. The van der Waals surface area contributed by atoms with Gasteiger partial charge < -0.3 is 10.0 Å². The van der Waals surface area contributed by atoms with Gasteiger partial charge in [-0.05, 0) is 49.8 Å². The van der Waals surface area contributed by atoms with Crippen molar-refractivity contribution < 1.29 is 19.1 Å². The number of aliphatic carboxylic acids is 1. The number of carboxylic acids is 1. The van der Waals surface area contributed by atoms with Crippen LogP contribution in [0.15, 0.2) is 24.3 Å². The average molecular weight is 307 g/mol. The van der Waals surface area contributed by atoms with Gasteiger partial charge in [0.15, 0.2) is 0 Å². The van der Waals surface area contributed by atoms with E-state index in [4.69, 9.17) is 0 Å². The standard InChI is InChI=1S/C17H22FNO3/c1-12(8-9-13-5-4-6-14(18)11-13)16(20)19-10-3-2-7-15(19)17(21)22/h4-6,11-12,15H,2-3,7-10H2,1H3,(H,21,22). The molecule has 0 radical (unpaired) electrons. The first-order chi connectivity index (χ1) is 10.5. The van der Waals surface area contributed by atoms with Crippen molar-refractivity contribution in [2.45, 2.75) is 45.1 Å². The van der Waals surface area contributed by atoms with E-state index in [1.54, 1.807) is 6.07 Å². The van der Waals surface area contributed by atoms with Crippen LogP contribution in [0.5, 0.6) is 0 Å². The van der Waals surface area contributed by atoms with Crippen LogP contribution in [0.3, 0.4) is 0 Å². The highest BCUT2D eigenvalue weighted by Gasteiger charge is 2.33. The predicted molar refractivity (Wildman–Crippen MR) is 80.9 cm³/mol. The highest BCUT2D eigenvalue weighted by Crippen LogP contribution is 2.21. The maximum absolute atomic E-state index is 13.1. The number of rotatable bonds is 5. The number of carbonyl (C=O) groups excluding carboxylic acids is 1. The third-order valence-electron chi connectivity index (χ3n) is 4.25. The Bertz CT molecular complexity index is 546. The van der Waals surface area contributed by atoms with Crippen molar-refractivity contribution in [1.29, 1.82) is 0 Å². The van der Waals surface area contributed by atoms with Gasteiger partial charge in [-0.15, -0.1) is 0 Å². The second kappa shape index (κ2) is 7.38. The molecule has 1 aliphatic rings. The smallest absolute Gasteiger partial charge is 0.326 e. The molecule has 0 bridgehead atoms. The highest BCUT2D eigenvalue weighted by molar-refractivity contribution is 5.85. The van der Waals surface area contributed by atoms with E-state index in [0.29, 0.717) is 25.8 Å². The van der Waals surface area contributed by atoms with E-state index in [1.165, 1.54) is 17.0 Å². The quantitative estimate of drug-likeness (QED) is 0.910. The van der Waals surface area contributed by atoms with E-state index in [1.807, 2.05) is 13.0 Å². The summed E-state index contributed by atoms with van der Waals surface area (Å²) in [6, 6.07) is 5.66. The van der Waals surface area contributed by atoms with E-state index in [-0.39, 0.29) is 17.6 Å². The van der Waals surface area contributed by atoms with Gasteiger partial charge in [-0.25, -0.2) is 9.18 Å². The molecule has 1 aromatic rings. The summed E-state index contributed by atoms with van der Waals surface area (Å²) in [5.74, 6) is -1.57. The van der Waals surface area contributed by atoms with Crippen LogP contribution in [-0.4, -0.2) is 34.5 Å². The molecule has 1 heterocycles. The molecule has 2 unspecified atom stereocenters. The van der Waals surface area contributed by atoms with Crippen LogP contribution >= 0.6 is 0 Å². The number of hydrogen-bond acceptors (Lipinski definition) is 2. The summed E-state index contributed by atoms with van der Waals surface area (Å²) in [6.45, 7) is 2.33. The molecular weight excluding hydrogens is 285 g/mol. The molecule has 5 heteroatoms. The summed E-state index contributed by atoms with van der Waals surface area (Å²) < 4.78 is 13.1. The SMILES string of the molecule is CC(CCc1cccc(F)c1)C(=O)N1CCCCC1C(=O)O. The Hall–Kier alpha value is -1.91. The fraction of sp³-hybridized carbons (Fsp3) is 0.529. The van der Waals surface area contributed by atoms with Crippen LogP contribution in [0.1, 0.15) is 38.2 Å². The molecule has 1 N–H and O–H groups in total. The number of carboxylic acid groups (broad SMARTS) is 1. The van der Waals surface area contributed by atoms with Crippen molar-refractivity contribution in [3.63, 3.8) is 0 Å². The zero-order valence-corrected chi connectivity index (χ0v) is 12.8. The number of likely N-dealkylation sites (tertiary alicyclic amines) is 1. The Morgan fingerprint density at radius 3 is 2.86 bits per heavy atom. The van der Waals surface area contributed by atoms with E-state index < -0.39 is 12.0 Å². The number of halogens is 1. The second-order valence-electron chi connectivity index (χ2n) is 5.95. The Morgan fingerprint density at radius 1 is 1.41 bits per heavy atom. The maximum Gasteiger partial charge on any atom is 0.326 e. The second-order valence-corrected chi connectivity index (χ2v) is 5.95. The molecule has 1 aromatic carbocycles. The number of piperidine rings is 1. The zero-order valence-electron chi connectivity index (χ0n) is 12.8. The molecule has 2 atom stereocenters. The van der Waals surface area contributed by atoms with Crippen LogP contribution in [-0.2, 0) is 16.0 Å². The summed E-state index contributed by atoms with van der Waals surface area (Å²) in [4.78, 5) is 25.3. The van der Waals surface area contributed by atoms with Gasteiger partial charge in [-0.3, -0.25) is 4.79 Å². The minimum absolute atomic E-state index is 0.108. The van der Waals surface area contributed by atoms with E-state index in [9.17, 15) is 19.1 Å². The molecule has 0 saturated carbocycles. The van der Waals surface area contributed by atoms with E-state index in [2.05, 4.69) is 0 Å². The summed E-state index contributed by atoms with van der Waals surface area (Å²) in [5.41, 5.74) is 0.855. The van der Waals surface area contributed by atoms with Crippen LogP contribution in [0, 0.1) is 11.7 Å². The van der Waals surface area contributed by atoms with Crippen molar-refractivity contribution in [1.82, 2.24) is 4.90 Å². The zero-order chi connectivity index (χ0) is 16.1. The van der Waals surface area contributed by atoms with Gasteiger partial charge in [-0.2, -0.15) is 0 Å². The molecule has 2 rings (SSSR count). The van der Waals surface area contributed by atoms with Crippen molar-refractivity contribution >= 4 is 11.9 Å². The topological polar surface area (TPSA) is 57.6 Å². The van der Waals surface area contributed by atoms with Gasteiger partial charge in [0.25, 0.3) is 0 Å². The molecule has 4 nitrogen and oxygen atoms in total. The lowest BCUT2D eigenvalue weighted by Gasteiger charge is -2.34. The fourth-order valence-corrected chi connectivity index (χ4v) is 2.93. The maximum atomic E-state index is 13.1. The van der Waals surface area contributed by atoms with Crippen LogP contribution < -0.4 is 0 Å². The minimum atomic E-state index is -0.926. The first-order valence-electron chi connectivity index (χ1n) is 7.76. The van der Waals surface area contributed by atoms with Gasteiger partial charge in [-0.1, -0.05) is 19.1 Å². The summed E-state index contributed by atoms with van der Waals surface area (Å²) in [5, 5.41) is 9.24. The largest absolute Gasteiger partial charge is 0.480 e. The number of hydrogen-bond donors (Lipinski definition) is 1. The summed E-state index contributed by atoms with van der Waals surface area (Å²) >= 11 is 0. The predicted octanol–water partition coefficient (Wildman–Crippen LogP) is 2.86. The highest BCUT2D eigenvalue weighted by atomic mass is 19.1. The minimum Gasteiger partial charge on any atom is -0.480 e. The van der Waals surface area contributed by atoms with E-state index in [0.717, 1.165) is 18.4 Å². The Balaban J connectivity index is 1.94. The lowest BCUT2D eigenvalue weighted by molar-refractivity contribution is -0.153. The molecule has 0 aromatic heterocycles. The lowest BCUT2D eigenvalue weighted by Crippen LogP contribution is -2.49. The van der Waals surface area contributed by atoms with Gasteiger partial charge in [0.05, 0.1) is 0 Å². The molecule has 1 aliphatic heterocycles. The van der Waals surface area contributed by atoms with Gasteiger partial charge in [0.2, 0.25) is 5.91 Å². The first-order valence-corrected chi connectivity index (χ1v) is 7.76. The third-order valence-corrected chi connectivity index (χ3v) is 4.25. The Morgan fingerprint density at radius 2 is 2.18 bits per heavy atom. The van der Waals surface area contributed by atoms with Crippen LogP contribution in [0.2, 0.25) is 0 Å². The normalized spacial score (nSPS) is 19.7. The summed E-state index contributed by atoms with van der Waals surface area (Å²) in [7, 11) is 0. The molecule has 0 spiro atoms. The molecule has 1 amide bonds. The first kappa shape index (κ1) is 16.5. The van der Waals surface area contributed by atoms with Crippen LogP contribution in [0.4, 0.5) is 4.39 Å². The number of nitrogens with zero attached hydrogens (tertiary/aromatic N) is 1. The molecule has 0 aliphatic carbocycles. The Kier molecular flexibility index (Phi) is 5.52. The van der Waals surface area contributed by atoms with Crippen molar-refractivity contribution in [3.05, 3.63) is 35.6 Å². The monoisotopic (exact) mass is 307 g/mol. The lowest BCUT2D eigenvalue weighted by atomic mass is 9.96. The molecule has 1 fully saturated rings. The number of aryl methyl sites for hydroxylation is 1. The molecule has 22 heavy (non-hydrogen) atoms. The molecule has 1 saturated heterocycles. The number of amides is 1. The molecular formula is C17H22FNO3. The van der Waals surface area contributed by atoms with Gasteiger partial charge in [0.1, 0.15) is 11.9 Å². The Labute approximate surface area is 129 Å². The van der Waals surface area contributed by atoms with Crippen molar-refractivity contribution in [2.75, 3.05) is 6.54 Å².